The molecule has 0 bridgehead atoms. The summed E-state index contributed by atoms with van der Waals surface area (Å²) in [6.45, 7) is 1.59. The van der Waals surface area contributed by atoms with Gasteiger partial charge in [0.15, 0.2) is 0 Å². The van der Waals surface area contributed by atoms with Crippen LogP contribution in [0.2, 0.25) is 0 Å². The second-order valence-corrected chi connectivity index (χ2v) is 4.60. The molecule has 10 nitrogen and oxygen atoms in total. The van der Waals surface area contributed by atoms with Crippen LogP contribution < -0.4 is 17.0 Å². The van der Waals surface area contributed by atoms with Crippen LogP contribution in [0.15, 0.2) is 15.8 Å². The van der Waals surface area contributed by atoms with E-state index in [-0.39, 0.29) is 23.8 Å². The molecule has 0 saturated carbocycles. The molecule has 0 saturated heterocycles. The van der Waals surface area contributed by atoms with Crippen LogP contribution in [0.5, 0.6) is 0 Å². The molecule has 0 spiro atoms. The van der Waals surface area contributed by atoms with E-state index in [2.05, 4.69) is 9.59 Å². The number of hydrogen-bond acceptors (Lipinski definition) is 8. The van der Waals surface area contributed by atoms with E-state index in [0.717, 1.165) is 26.9 Å². The molecule has 0 atom stereocenters. The van der Waals surface area contributed by atoms with Gasteiger partial charge in [-0.2, -0.15) is 0 Å². The monoisotopic (exact) mass is 298 g/mol. The Morgan fingerprint density at radius 1 is 1.50 bits per heavy atom. The van der Waals surface area contributed by atoms with Gasteiger partial charge < -0.3 is 5.73 Å². The summed E-state index contributed by atoms with van der Waals surface area (Å²) >= 11 is 0.914. The van der Waals surface area contributed by atoms with Gasteiger partial charge in [0.05, 0.1) is 17.7 Å². The SMILES string of the molecule is CCn1cc([N+](=O)[O-])c(=O)n(Cc2nnsc2N)c1=O. The number of nitrogens with zero attached hydrogens (tertiary/aromatic N) is 5. The van der Waals surface area contributed by atoms with Gasteiger partial charge >= 0.3 is 16.9 Å². The summed E-state index contributed by atoms with van der Waals surface area (Å²) in [6.07, 6.45) is 0.934. The summed E-state index contributed by atoms with van der Waals surface area (Å²) in [5, 5.41) is 14.8. The summed E-state index contributed by atoms with van der Waals surface area (Å²) < 4.78 is 5.40. The first kappa shape index (κ1) is 13.9. The van der Waals surface area contributed by atoms with Crippen molar-refractivity contribution in [2.45, 2.75) is 20.0 Å². The van der Waals surface area contributed by atoms with Crippen LogP contribution in [0, 0.1) is 10.1 Å². The largest absolute Gasteiger partial charge is 0.388 e. The quantitative estimate of drug-likeness (QED) is 0.588. The molecule has 2 aromatic rings. The van der Waals surface area contributed by atoms with Gasteiger partial charge in [-0.15, -0.1) is 5.10 Å². The molecule has 2 aromatic heterocycles. The lowest BCUT2D eigenvalue weighted by atomic mass is 10.4. The number of nitrogens with two attached hydrogens (primary N) is 1. The average molecular weight is 298 g/mol. The van der Waals surface area contributed by atoms with Crippen molar-refractivity contribution in [2.24, 2.45) is 0 Å². The van der Waals surface area contributed by atoms with Gasteiger partial charge in [-0.3, -0.25) is 19.5 Å². The van der Waals surface area contributed by atoms with Gasteiger partial charge in [0, 0.05) is 18.1 Å². The molecule has 0 aromatic carbocycles. The molecule has 0 unspecified atom stereocenters. The fourth-order valence-corrected chi connectivity index (χ4v) is 2.04. The zero-order valence-electron chi connectivity index (χ0n) is 10.3. The van der Waals surface area contributed by atoms with E-state index in [0.29, 0.717) is 0 Å². The van der Waals surface area contributed by atoms with Gasteiger partial charge in [0.1, 0.15) is 10.7 Å². The van der Waals surface area contributed by atoms with Crippen molar-refractivity contribution in [3.8, 4) is 0 Å². The van der Waals surface area contributed by atoms with Gasteiger partial charge in [0.25, 0.3) is 0 Å². The molecule has 0 radical (unpaired) electrons. The standard InChI is InChI=1S/C9H10N6O4S/c1-2-13-4-6(15(18)19)8(16)14(9(13)17)3-5-7(10)20-12-11-5/h4H,2-3,10H2,1H3. The number of rotatable bonds is 4. The third-order valence-corrected chi connectivity index (χ3v) is 3.25. The zero-order chi connectivity index (χ0) is 14.9. The van der Waals surface area contributed by atoms with Crippen molar-refractivity contribution in [3.05, 3.63) is 42.8 Å². The first-order valence-electron chi connectivity index (χ1n) is 5.51. The lowest BCUT2D eigenvalue weighted by molar-refractivity contribution is -0.387. The van der Waals surface area contributed by atoms with E-state index >= 15 is 0 Å². The lowest BCUT2D eigenvalue weighted by Crippen LogP contribution is -2.40. The predicted octanol–water partition coefficient (Wildman–Crippen LogP) is -0.580. The highest BCUT2D eigenvalue weighted by Crippen LogP contribution is 2.12. The highest BCUT2D eigenvalue weighted by Gasteiger charge is 2.20. The number of nitro groups is 1. The van der Waals surface area contributed by atoms with Crippen LogP contribution in [0.3, 0.4) is 0 Å². The van der Waals surface area contributed by atoms with Gasteiger partial charge in [0.2, 0.25) is 0 Å². The molecule has 0 aliphatic rings. The Morgan fingerprint density at radius 2 is 2.20 bits per heavy atom. The van der Waals surface area contributed by atoms with Crippen molar-refractivity contribution < 1.29 is 4.92 Å². The second-order valence-electron chi connectivity index (χ2n) is 3.82. The van der Waals surface area contributed by atoms with E-state index in [9.17, 15) is 19.7 Å². The number of anilines is 1. The Hall–Kier alpha value is -2.56. The maximum atomic E-state index is 12.1. The predicted molar refractivity (Wildman–Crippen MR) is 70.7 cm³/mol. The zero-order valence-corrected chi connectivity index (χ0v) is 11.2. The maximum Gasteiger partial charge on any atom is 0.350 e. The van der Waals surface area contributed by atoms with Crippen molar-refractivity contribution in [2.75, 3.05) is 5.73 Å². The average Bonchev–Trinajstić information content (AvgIpc) is 2.80. The molecule has 2 heterocycles. The molecule has 2 N–H and O–H groups in total. The number of hydrogen-bond donors (Lipinski definition) is 1. The molecule has 0 aliphatic heterocycles. The normalized spacial score (nSPS) is 10.7. The summed E-state index contributed by atoms with van der Waals surface area (Å²) in [5.41, 5.74) is 3.51. The van der Waals surface area contributed by atoms with Gasteiger partial charge in [-0.05, 0) is 6.92 Å². The van der Waals surface area contributed by atoms with Crippen molar-refractivity contribution in [1.29, 1.82) is 0 Å². The highest BCUT2D eigenvalue weighted by molar-refractivity contribution is 7.09. The molecule has 0 fully saturated rings. The van der Waals surface area contributed by atoms with Crippen LogP contribution in [0.1, 0.15) is 12.6 Å². The first-order valence-corrected chi connectivity index (χ1v) is 6.28. The van der Waals surface area contributed by atoms with E-state index in [1.54, 1.807) is 6.92 Å². The molecule has 2 rings (SSSR count). The maximum absolute atomic E-state index is 12.1. The number of nitrogen functional groups attached to an aromatic ring is 1. The molecule has 0 aliphatic carbocycles. The summed E-state index contributed by atoms with van der Waals surface area (Å²) in [4.78, 5) is 34.0. The van der Waals surface area contributed by atoms with Crippen molar-refractivity contribution in [3.63, 3.8) is 0 Å². The molecule has 20 heavy (non-hydrogen) atoms. The second kappa shape index (κ2) is 5.21. The van der Waals surface area contributed by atoms with Crippen LogP contribution in [0.25, 0.3) is 0 Å². The minimum atomic E-state index is -0.989. The molecule has 106 valence electrons. The summed E-state index contributed by atoms with van der Waals surface area (Å²) in [5.74, 6) is 0. The number of aryl methyl sites for hydroxylation is 1. The van der Waals surface area contributed by atoms with Gasteiger partial charge in [-0.1, -0.05) is 4.49 Å². The van der Waals surface area contributed by atoms with E-state index in [1.165, 1.54) is 0 Å². The first-order chi connectivity index (χ1) is 9.45. The molecular weight excluding hydrogens is 288 g/mol. The van der Waals surface area contributed by atoms with Crippen molar-refractivity contribution in [1.82, 2.24) is 18.7 Å². The Bertz CT molecular complexity index is 775. The minimum Gasteiger partial charge on any atom is -0.388 e. The van der Waals surface area contributed by atoms with Crippen LogP contribution in [-0.2, 0) is 13.1 Å². The number of aromatic nitrogens is 4. The Kier molecular flexibility index (Phi) is 3.61. The van der Waals surface area contributed by atoms with Crippen LogP contribution in [0.4, 0.5) is 10.7 Å². The fraction of sp³-hybridized carbons (Fsp3) is 0.333. The Balaban J connectivity index is 2.65. The smallest absolute Gasteiger partial charge is 0.350 e. The van der Waals surface area contributed by atoms with E-state index < -0.39 is 21.9 Å². The lowest BCUT2D eigenvalue weighted by Gasteiger charge is -2.07. The van der Waals surface area contributed by atoms with Gasteiger partial charge in [-0.25, -0.2) is 9.36 Å². The Morgan fingerprint density at radius 3 is 2.70 bits per heavy atom. The summed E-state index contributed by atoms with van der Waals surface area (Å²) in [6, 6.07) is 0. The van der Waals surface area contributed by atoms with E-state index in [1.807, 2.05) is 0 Å². The Labute approximate surface area is 115 Å². The fourth-order valence-electron chi connectivity index (χ4n) is 1.60. The van der Waals surface area contributed by atoms with Crippen LogP contribution >= 0.6 is 11.5 Å². The van der Waals surface area contributed by atoms with E-state index in [4.69, 9.17) is 5.73 Å². The molecular formula is C9H10N6O4S. The van der Waals surface area contributed by atoms with Crippen LogP contribution in [-0.4, -0.2) is 23.6 Å². The third kappa shape index (κ3) is 2.30. The highest BCUT2D eigenvalue weighted by atomic mass is 32.1. The molecule has 0 amide bonds. The third-order valence-electron chi connectivity index (χ3n) is 2.65. The molecule has 11 heteroatoms. The summed E-state index contributed by atoms with van der Waals surface area (Å²) in [7, 11) is 0. The topological polar surface area (TPSA) is 139 Å². The van der Waals surface area contributed by atoms with Crippen molar-refractivity contribution >= 4 is 22.2 Å². The minimum absolute atomic E-state index is 0.199.